The summed E-state index contributed by atoms with van der Waals surface area (Å²) in [7, 11) is 0. The van der Waals surface area contributed by atoms with Gasteiger partial charge in [-0.2, -0.15) is 14.5 Å². The molecule has 0 aromatic carbocycles. The number of aromatic nitrogens is 2. The van der Waals surface area contributed by atoms with Crippen LogP contribution in [-0.2, 0) is 33.4 Å². The zero-order valence-electron chi connectivity index (χ0n) is 25.2. The third-order valence-electron chi connectivity index (χ3n) is 6.51. The number of alkyl halides is 1. The lowest BCUT2D eigenvalue weighted by Gasteiger charge is -2.49. The summed E-state index contributed by atoms with van der Waals surface area (Å²) in [6.45, 7) is 1.21. The van der Waals surface area contributed by atoms with Gasteiger partial charge in [-0.25, -0.2) is 14.0 Å². The summed E-state index contributed by atoms with van der Waals surface area (Å²) in [4.78, 5) is 62.9. The minimum atomic E-state index is -1.53. The highest BCUT2D eigenvalue weighted by Gasteiger charge is 2.55. The number of ether oxygens (including phenoxy) is 3. The van der Waals surface area contributed by atoms with Crippen LogP contribution in [0.1, 0.15) is 12.7 Å². The van der Waals surface area contributed by atoms with Crippen LogP contribution in [0.2, 0.25) is 0 Å². The van der Waals surface area contributed by atoms with Crippen molar-refractivity contribution in [3.8, 4) is 0 Å². The fourth-order valence-electron chi connectivity index (χ4n) is 4.28. The van der Waals surface area contributed by atoms with Crippen LogP contribution >= 0.6 is 23.3 Å². The first-order valence-corrected chi connectivity index (χ1v) is 15.9. The van der Waals surface area contributed by atoms with Gasteiger partial charge in [0.25, 0.3) is 18.7 Å². The Balaban J connectivity index is 1.53. The van der Waals surface area contributed by atoms with Crippen molar-refractivity contribution >= 4 is 70.3 Å². The maximum Gasteiger partial charge on any atom is 0.511 e. The Morgan fingerprint density at radius 2 is 2.04 bits per heavy atom. The van der Waals surface area contributed by atoms with Gasteiger partial charge in [0, 0.05) is 56.0 Å². The van der Waals surface area contributed by atoms with Crippen LogP contribution in [0.4, 0.5) is 14.3 Å². The average molecular weight is 718 g/mol. The first-order valence-electron chi connectivity index (χ1n) is 14.0. The highest BCUT2D eigenvalue weighted by molar-refractivity contribution is 8.00. The lowest BCUT2D eigenvalue weighted by atomic mass is 10.0. The molecule has 4 heterocycles. The number of hydrogen-bond donors (Lipinski definition) is 6. The number of nitrogens with two attached hydrogens (primary N) is 2. The maximum absolute atomic E-state index is 13.4. The second kappa shape index (κ2) is 17.0. The molecule has 2 saturated heterocycles. The topological polar surface area (TPSA) is 291 Å². The molecule has 0 saturated carbocycles. The summed E-state index contributed by atoms with van der Waals surface area (Å²) in [5.41, 5.74) is 11.0. The molecule has 2 fully saturated rings. The van der Waals surface area contributed by atoms with Crippen molar-refractivity contribution in [2.24, 2.45) is 21.1 Å². The number of carbonyl (C=O) groups is 4. The molecule has 3 aliphatic heterocycles. The SMILES string of the molecule is CC(OC(=O)OCC(O)CO)OC(=O)C1=C(/C=N/N=C(\N)N2CCNCC2)CSC2C(NC(=O)/C(=N\OCF)c3nsc(N)n3)C(=O)N12. The van der Waals surface area contributed by atoms with Gasteiger partial charge >= 0.3 is 12.1 Å². The van der Waals surface area contributed by atoms with Gasteiger partial charge in [-0.1, -0.05) is 5.16 Å². The molecule has 0 spiro atoms. The van der Waals surface area contributed by atoms with Crippen molar-refractivity contribution in [1.29, 1.82) is 0 Å². The third kappa shape index (κ3) is 9.03. The molecule has 4 rings (SSSR count). The number of β-lactam (4-membered cyclic amide) rings is 1. The van der Waals surface area contributed by atoms with E-state index in [1.165, 1.54) is 13.1 Å². The molecule has 1 aromatic heterocycles. The Bertz CT molecular complexity index is 1490. The number of aliphatic hydroxyl groups excluding tert-OH is 2. The normalized spacial score (nSPS) is 21.3. The average Bonchev–Trinajstić information content (AvgIpc) is 3.51. The first-order chi connectivity index (χ1) is 23.0. The second-order valence-corrected chi connectivity index (χ2v) is 11.7. The number of rotatable bonds is 13. The number of nitrogens with zero attached hydrogens (tertiary/aromatic N) is 7. The number of oxime groups is 1. The summed E-state index contributed by atoms with van der Waals surface area (Å²) in [5.74, 6) is -2.88. The number of esters is 1. The molecule has 4 atom stereocenters. The van der Waals surface area contributed by atoms with Crippen molar-refractivity contribution in [2.75, 3.05) is 57.7 Å². The van der Waals surface area contributed by atoms with Crippen LogP contribution in [0.25, 0.3) is 0 Å². The van der Waals surface area contributed by atoms with E-state index < -0.39 is 73.5 Å². The van der Waals surface area contributed by atoms with Crippen LogP contribution in [0.3, 0.4) is 0 Å². The molecule has 21 nitrogen and oxygen atoms in total. The molecule has 24 heteroatoms. The summed E-state index contributed by atoms with van der Waals surface area (Å²) < 4.78 is 31.3. The van der Waals surface area contributed by atoms with Gasteiger partial charge in [-0.15, -0.1) is 16.9 Å². The first kappa shape index (κ1) is 36.2. The highest BCUT2D eigenvalue weighted by atomic mass is 32.2. The Kier molecular flexibility index (Phi) is 12.8. The number of hydrogen-bond acceptors (Lipinski definition) is 19. The maximum atomic E-state index is 13.4. The number of nitrogens with one attached hydrogen (secondary N) is 2. The molecule has 262 valence electrons. The Morgan fingerprint density at radius 1 is 1.29 bits per heavy atom. The third-order valence-corrected chi connectivity index (χ3v) is 8.35. The molecule has 8 N–H and O–H groups in total. The molecule has 48 heavy (non-hydrogen) atoms. The molecule has 2 amide bonds. The summed E-state index contributed by atoms with van der Waals surface area (Å²) in [5, 5.41) is 34.4. The van der Waals surface area contributed by atoms with Crippen molar-refractivity contribution in [3.63, 3.8) is 0 Å². The van der Waals surface area contributed by atoms with Gasteiger partial charge in [0.15, 0.2) is 5.13 Å². The van der Waals surface area contributed by atoms with E-state index in [0.29, 0.717) is 26.2 Å². The quantitative estimate of drug-likeness (QED) is 0.0296. The Hall–Kier alpha value is -4.65. The monoisotopic (exact) mass is 717 g/mol. The summed E-state index contributed by atoms with van der Waals surface area (Å²) in [6, 6.07) is -1.20. The number of carbonyl (C=O) groups excluding carboxylic acids is 4. The van der Waals surface area contributed by atoms with E-state index in [1.54, 1.807) is 4.90 Å². The predicted octanol–water partition coefficient (Wildman–Crippen LogP) is -2.98. The minimum Gasteiger partial charge on any atom is -0.431 e. The summed E-state index contributed by atoms with van der Waals surface area (Å²) in [6.07, 6.45) is -2.96. The molecule has 0 radical (unpaired) electrons. The number of halogens is 1. The number of anilines is 1. The van der Waals surface area contributed by atoms with Gasteiger partial charge < -0.3 is 56.3 Å². The molecule has 0 aliphatic carbocycles. The molecular formula is C24H32FN11O10S2. The van der Waals surface area contributed by atoms with Crippen LogP contribution in [0.5, 0.6) is 0 Å². The van der Waals surface area contributed by atoms with Gasteiger partial charge in [-0.05, 0) is 0 Å². The zero-order chi connectivity index (χ0) is 34.8. The van der Waals surface area contributed by atoms with E-state index in [1.807, 2.05) is 0 Å². The number of thioether (sulfide) groups is 1. The number of piperazine rings is 1. The fraction of sp³-hybridized carbons (Fsp3) is 0.542. The number of fused-ring (bicyclic) bond motifs is 1. The van der Waals surface area contributed by atoms with Crippen molar-refractivity contribution in [2.45, 2.75) is 30.7 Å². The van der Waals surface area contributed by atoms with E-state index >= 15 is 0 Å². The zero-order valence-corrected chi connectivity index (χ0v) is 26.8. The number of guanidine groups is 1. The smallest absolute Gasteiger partial charge is 0.431 e. The molecule has 3 aliphatic rings. The van der Waals surface area contributed by atoms with E-state index in [2.05, 4.69) is 44.9 Å². The number of aliphatic hydroxyl groups is 2. The fourth-order valence-corrected chi connectivity index (χ4v) is 6.01. The van der Waals surface area contributed by atoms with Crippen LogP contribution in [-0.4, -0.2) is 147 Å². The van der Waals surface area contributed by atoms with Gasteiger partial charge in [0.2, 0.25) is 23.8 Å². The lowest BCUT2D eigenvalue weighted by molar-refractivity contribution is -0.169. The molecule has 1 aromatic rings. The predicted molar refractivity (Wildman–Crippen MR) is 166 cm³/mol. The summed E-state index contributed by atoms with van der Waals surface area (Å²) >= 11 is 1.91. The van der Waals surface area contributed by atoms with Gasteiger partial charge in [0.05, 0.1) is 12.8 Å². The highest BCUT2D eigenvalue weighted by Crippen LogP contribution is 2.40. The largest absolute Gasteiger partial charge is 0.511 e. The van der Waals surface area contributed by atoms with E-state index in [0.717, 1.165) is 28.2 Å². The molecular weight excluding hydrogens is 685 g/mol. The minimum absolute atomic E-state index is 0.00443. The van der Waals surface area contributed by atoms with Crippen LogP contribution < -0.4 is 22.1 Å². The second-order valence-electron chi connectivity index (χ2n) is 9.80. The van der Waals surface area contributed by atoms with Crippen molar-refractivity contribution < 1.29 is 52.8 Å². The van der Waals surface area contributed by atoms with Crippen molar-refractivity contribution in [3.05, 3.63) is 17.1 Å². The van der Waals surface area contributed by atoms with Gasteiger partial charge in [-0.3, -0.25) is 14.5 Å². The van der Waals surface area contributed by atoms with E-state index in [4.69, 9.17) is 26.0 Å². The standard InChI is InChI=1S/C24H32FN11O10S2/c1-11(46-24(42)43-8-13(38)7-37)45-21(41)16-12(6-29-32-22(26)35-4-2-28-3-5-35)9-47-20-15(19(40)36(16)20)30-18(39)14(33-44-10-25)17-31-23(27)48-34-17/h6,11,13,15,20,28,37-38H,2-5,7-10H2,1H3,(H2,26,32)(H,30,39)(H2,27,31,34)/b29-6+,33-14-. The van der Waals surface area contributed by atoms with Crippen LogP contribution in [0.15, 0.2) is 26.6 Å². The van der Waals surface area contributed by atoms with E-state index in [9.17, 15) is 28.7 Å². The lowest BCUT2D eigenvalue weighted by Crippen LogP contribution is -2.71. The Morgan fingerprint density at radius 3 is 2.71 bits per heavy atom. The number of nitrogen functional groups attached to an aromatic ring is 1. The van der Waals surface area contributed by atoms with Crippen molar-refractivity contribution in [1.82, 2.24) is 29.8 Å². The number of amides is 2. The van der Waals surface area contributed by atoms with Gasteiger partial charge in [0.1, 0.15) is 29.8 Å². The van der Waals surface area contributed by atoms with Crippen LogP contribution in [0, 0.1) is 0 Å². The molecule has 4 unspecified atom stereocenters. The molecule has 0 bridgehead atoms. The Labute approximate surface area is 279 Å². The van der Waals surface area contributed by atoms with E-state index in [-0.39, 0.29) is 33.9 Å².